The van der Waals surface area contributed by atoms with Crippen LogP contribution in [-0.2, 0) is 15.9 Å². The molecule has 3 aromatic rings. The fraction of sp³-hybridized carbons (Fsp3) is 0.409. The van der Waals surface area contributed by atoms with Crippen molar-refractivity contribution in [3.63, 3.8) is 0 Å². The van der Waals surface area contributed by atoms with Crippen LogP contribution in [0.2, 0.25) is 0 Å². The van der Waals surface area contributed by atoms with Crippen LogP contribution in [0.15, 0.2) is 35.7 Å². The van der Waals surface area contributed by atoms with Crippen molar-refractivity contribution < 1.29 is 23.4 Å². The lowest BCUT2D eigenvalue weighted by Gasteiger charge is -2.27. The standard InChI is InChI=1S/C22H24FN7O4/c1-4-33-21(31)17-10-26-30-6-5-18(28-20(17)30)27-13(2)16-8-15(23)7-14-9-22(12-32-3,11-25-29-24)34-19(14)16/h5-8,10,13H,4,9,11-12H2,1-3H3,(H,27,28). The smallest absolute Gasteiger partial charge is 0.343 e. The molecule has 0 spiro atoms. The number of fused-ring (bicyclic) bond motifs is 2. The van der Waals surface area contributed by atoms with Crippen LogP contribution in [0.4, 0.5) is 10.2 Å². The molecule has 12 heteroatoms. The second-order valence-corrected chi connectivity index (χ2v) is 7.99. The van der Waals surface area contributed by atoms with Crippen LogP contribution in [-0.4, -0.2) is 53.0 Å². The second-order valence-electron chi connectivity index (χ2n) is 7.99. The molecule has 0 aliphatic carbocycles. The predicted molar refractivity (Wildman–Crippen MR) is 120 cm³/mol. The molecule has 2 atom stereocenters. The number of halogens is 1. The molecular weight excluding hydrogens is 445 g/mol. The van der Waals surface area contributed by atoms with Crippen molar-refractivity contribution in [1.82, 2.24) is 14.6 Å². The lowest BCUT2D eigenvalue weighted by Crippen LogP contribution is -2.42. The van der Waals surface area contributed by atoms with Crippen LogP contribution in [0.1, 0.15) is 41.4 Å². The number of carbonyl (C=O) groups excluding carboxylic acids is 1. The fourth-order valence-electron chi connectivity index (χ4n) is 4.09. The molecule has 1 aliphatic heterocycles. The largest absolute Gasteiger partial charge is 0.484 e. The molecule has 0 amide bonds. The van der Waals surface area contributed by atoms with Crippen LogP contribution in [0.3, 0.4) is 0 Å². The van der Waals surface area contributed by atoms with Gasteiger partial charge in [0.05, 0.1) is 32.0 Å². The van der Waals surface area contributed by atoms with Gasteiger partial charge >= 0.3 is 5.97 Å². The van der Waals surface area contributed by atoms with Crippen molar-refractivity contribution in [3.05, 3.63) is 63.5 Å². The maximum atomic E-state index is 14.5. The Morgan fingerprint density at radius 3 is 3.06 bits per heavy atom. The Labute approximate surface area is 194 Å². The SMILES string of the molecule is CCOC(=O)c1cnn2ccc(NC(C)c3cc(F)cc4c3OC(CN=[N+]=[N-])(COC)C4)nc12. The molecule has 0 bridgehead atoms. The summed E-state index contributed by atoms with van der Waals surface area (Å²) in [6.07, 6.45) is 3.41. The number of hydrogen-bond donors (Lipinski definition) is 1. The Morgan fingerprint density at radius 2 is 2.32 bits per heavy atom. The van der Waals surface area contributed by atoms with Gasteiger partial charge in [-0.3, -0.25) is 0 Å². The van der Waals surface area contributed by atoms with E-state index in [-0.39, 0.29) is 25.3 Å². The average Bonchev–Trinajstić information content (AvgIpc) is 3.38. The molecule has 11 nitrogen and oxygen atoms in total. The number of hydrogen-bond acceptors (Lipinski definition) is 8. The number of azide groups is 1. The van der Waals surface area contributed by atoms with Crippen molar-refractivity contribution in [1.29, 1.82) is 0 Å². The molecule has 34 heavy (non-hydrogen) atoms. The zero-order chi connectivity index (χ0) is 24.3. The molecular formula is C22H24FN7O4. The van der Waals surface area contributed by atoms with E-state index >= 15 is 0 Å². The summed E-state index contributed by atoms with van der Waals surface area (Å²) in [6, 6.07) is 4.10. The maximum Gasteiger partial charge on any atom is 0.343 e. The number of anilines is 1. The van der Waals surface area contributed by atoms with Gasteiger partial charge in [0.15, 0.2) is 5.65 Å². The number of benzene rings is 1. The van der Waals surface area contributed by atoms with E-state index in [1.54, 1.807) is 19.2 Å². The number of methoxy groups -OCH3 is 1. The first-order valence-electron chi connectivity index (χ1n) is 10.7. The Kier molecular flexibility index (Phi) is 6.53. The van der Waals surface area contributed by atoms with Gasteiger partial charge in [-0.2, -0.15) is 5.10 Å². The van der Waals surface area contributed by atoms with Gasteiger partial charge in [0.25, 0.3) is 0 Å². The van der Waals surface area contributed by atoms with E-state index in [0.29, 0.717) is 34.8 Å². The highest BCUT2D eigenvalue weighted by Gasteiger charge is 2.41. The van der Waals surface area contributed by atoms with E-state index in [9.17, 15) is 9.18 Å². The van der Waals surface area contributed by atoms with E-state index in [2.05, 4.69) is 25.4 Å². The normalized spacial score (nSPS) is 17.5. The van der Waals surface area contributed by atoms with E-state index in [4.69, 9.17) is 19.7 Å². The summed E-state index contributed by atoms with van der Waals surface area (Å²) in [5.41, 5.74) is 9.69. The van der Waals surface area contributed by atoms with Crippen LogP contribution in [0, 0.1) is 5.82 Å². The third-order valence-electron chi connectivity index (χ3n) is 5.52. The highest BCUT2D eigenvalue weighted by molar-refractivity contribution is 5.95. The fourth-order valence-corrected chi connectivity index (χ4v) is 4.09. The molecule has 4 rings (SSSR count). The third-order valence-corrected chi connectivity index (χ3v) is 5.52. The van der Waals surface area contributed by atoms with Gasteiger partial charge in [-0.25, -0.2) is 18.7 Å². The summed E-state index contributed by atoms with van der Waals surface area (Å²) < 4.78 is 32.6. The molecule has 1 aromatic carbocycles. The first kappa shape index (κ1) is 23.3. The highest BCUT2D eigenvalue weighted by Crippen LogP contribution is 2.42. The van der Waals surface area contributed by atoms with Crippen molar-refractivity contribution in [2.75, 3.05) is 32.2 Å². The number of aromatic nitrogens is 3. The minimum Gasteiger partial charge on any atom is -0.484 e. The zero-order valence-corrected chi connectivity index (χ0v) is 19.0. The minimum absolute atomic E-state index is 0.0466. The molecule has 0 radical (unpaired) electrons. The highest BCUT2D eigenvalue weighted by atomic mass is 19.1. The first-order valence-corrected chi connectivity index (χ1v) is 10.7. The molecule has 0 fully saturated rings. The molecule has 3 heterocycles. The summed E-state index contributed by atoms with van der Waals surface area (Å²) in [5.74, 6) is 0.0522. The number of nitrogens with zero attached hydrogens (tertiary/aromatic N) is 6. The van der Waals surface area contributed by atoms with E-state index in [0.717, 1.165) is 0 Å². The van der Waals surface area contributed by atoms with Gasteiger partial charge in [-0.1, -0.05) is 5.11 Å². The number of carbonyl (C=O) groups is 1. The zero-order valence-electron chi connectivity index (χ0n) is 19.0. The van der Waals surface area contributed by atoms with Crippen LogP contribution < -0.4 is 10.1 Å². The number of nitrogens with one attached hydrogen (secondary N) is 1. The predicted octanol–water partition coefficient (Wildman–Crippen LogP) is 3.85. The van der Waals surface area contributed by atoms with Gasteiger partial charge in [0.2, 0.25) is 0 Å². The summed E-state index contributed by atoms with van der Waals surface area (Å²) in [6.45, 7) is 4.03. The van der Waals surface area contributed by atoms with Crippen molar-refractivity contribution >= 4 is 17.4 Å². The van der Waals surface area contributed by atoms with E-state index in [1.165, 1.54) is 30.0 Å². The quantitative estimate of drug-likeness (QED) is 0.218. The topological polar surface area (TPSA) is 136 Å². The van der Waals surface area contributed by atoms with Crippen molar-refractivity contribution in [3.8, 4) is 5.75 Å². The van der Waals surface area contributed by atoms with Gasteiger partial charge < -0.3 is 19.5 Å². The Bertz CT molecular complexity index is 1270. The molecule has 0 saturated heterocycles. The van der Waals surface area contributed by atoms with Gasteiger partial charge in [-0.15, -0.1) is 0 Å². The van der Waals surface area contributed by atoms with E-state index < -0.39 is 23.4 Å². The first-order chi connectivity index (χ1) is 16.4. The molecule has 2 aromatic heterocycles. The van der Waals surface area contributed by atoms with Crippen LogP contribution in [0.5, 0.6) is 5.75 Å². The average molecular weight is 469 g/mol. The summed E-state index contributed by atoms with van der Waals surface area (Å²) in [5, 5.41) is 11.0. The van der Waals surface area contributed by atoms with Crippen molar-refractivity contribution in [2.45, 2.75) is 31.9 Å². The summed E-state index contributed by atoms with van der Waals surface area (Å²) in [4.78, 5) is 19.5. The molecule has 2 unspecified atom stereocenters. The number of ether oxygens (including phenoxy) is 3. The van der Waals surface area contributed by atoms with Crippen molar-refractivity contribution in [2.24, 2.45) is 5.11 Å². The van der Waals surface area contributed by atoms with Crippen LogP contribution >= 0.6 is 0 Å². The Hall–Kier alpha value is -3.89. The minimum atomic E-state index is -0.908. The lowest BCUT2D eigenvalue weighted by molar-refractivity contribution is 0.0126. The van der Waals surface area contributed by atoms with Gasteiger partial charge in [0.1, 0.15) is 28.5 Å². The van der Waals surface area contributed by atoms with E-state index in [1.807, 2.05) is 6.92 Å². The molecule has 1 aliphatic rings. The lowest BCUT2D eigenvalue weighted by atomic mass is 9.96. The molecule has 0 saturated carbocycles. The van der Waals surface area contributed by atoms with Gasteiger partial charge in [-0.05, 0) is 37.6 Å². The number of esters is 1. The van der Waals surface area contributed by atoms with Gasteiger partial charge in [0, 0.05) is 35.8 Å². The molecule has 1 N–H and O–H groups in total. The monoisotopic (exact) mass is 469 g/mol. The maximum absolute atomic E-state index is 14.5. The summed E-state index contributed by atoms with van der Waals surface area (Å²) in [7, 11) is 1.53. The second kappa shape index (κ2) is 9.54. The van der Waals surface area contributed by atoms with Crippen LogP contribution in [0.25, 0.3) is 16.1 Å². The Morgan fingerprint density at radius 1 is 1.50 bits per heavy atom. The summed E-state index contributed by atoms with van der Waals surface area (Å²) >= 11 is 0. The molecule has 178 valence electrons. The number of rotatable bonds is 9. The Balaban J connectivity index is 1.63. The third kappa shape index (κ3) is 4.45.